The minimum Gasteiger partial charge on any atom is -0.493 e. The van der Waals surface area contributed by atoms with Crippen LogP contribution in [0.1, 0.15) is 16.7 Å². The summed E-state index contributed by atoms with van der Waals surface area (Å²) in [5, 5.41) is 10.00. The molecule has 0 saturated heterocycles. The van der Waals surface area contributed by atoms with E-state index in [-0.39, 0.29) is 19.0 Å². The first-order valence-electron chi connectivity index (χ1n) is 10.4. The van der Waals surface area contributed by atoms with Crippen LogP contribution in [0.15, 0.2) is 65.1 Å². The van der Waals surface area contributed by atoms with Crippen LogP contribution < -0.4 is 14.4 Å². The van der Waals surface area contributed by atoms with Crippen LogP contribution in [0.4, 0.5) is 10.4 Å². The summed E-state index contributed by atoms with van der Waals surface area (Å²) in [7, 11) is 1.55. The minimum atomic E-state index is -1.02. The summed E-state index contributed by atoms with van der Waals surface area (Å²) in [6.45, 7) is 0.569. The van der Waals surface area contributed by atoms with Gasteiger partial charge in [-0.05, 0) is 29.3 Å². The molecule has 0 fully saturated rings. The molecule has 0 aliphatic carbocycles. The molecule has 1 aliphatic rings. The van der Waals surface area contributed by atoms with Crippen LogP contribution in [-0.4, -0.2) is 29.2 Å². The van der Waals surface area contributed by atoms with Crippen molar-refractivity contribution in [1.82, 2.24) is 4.98 Å². The number of oxazole rings is 1. The number of methoxy groups -OCH3 is 1. The van der Waals surface area contributed by atoms with Gasteiger partial charge in [0.05, 0.1) is 7.11 Å². The monoisotopic (exact) mass is 448 g/mol. The molecule has 0 spiro atoms. The van der Waals surface area contributed by atoms with Crippen LogP contribution >= 0.6 is 0 Å². The molecule has 7 nitrogen and oxygen atoms in total. The highest BCUT2D eigenvalue weighted by Crippen LogP contribution is 2.40. The maximum absolute atomic E-state index is 13.6. The molecule has 168 valence electrons. The Balaban J connectivity index is 1.52. The van der Waals surface area contributed by atoms with Crippen molar-refractivity contribution < 1.29 is 28.2 Å². The Morgan fingerprint density at radius 1 is 1.21 bits per heavy atom. The van der Waals surface area contributed by atoms with Gasteiger partial charge < -0.3 is 23.9 Å². The molecule has 0 radical (unpaired) electrons. The summed E-state index contributed by atoms with van der Waals surface area (Å²) >= 11 is 0. The second-order valence-corrected chi connectivity index (χ2v) is 7.80. The summed E-state index contributed by atoms with van der Waals surface area (Å²) in [6.07, 6.45) is 0.166. The largest absolute Gasteiger partial charge is 0.493 e. The van der Waals surface area contributed by atoms with E-state index in [0.717, 1.165) is 16.7 Å². The van der Waals surface area contributed by atoms with Gasteiger partial charge in [-0.25, -0.2) is 9.18 Å². The molecule has 2 heterocycles. The van der Waals surface area contributed by atoms with E-state index < -0.39 is 17.8 Å². The van der Waals surface area contributed by atoms with Crippen LogP contribution in [0.25, 0.3) is 11.1 Å². The number of benzene rings is 3. The van der Waals surface area contributed by atoms with Gasteiger partial charge >= 0.3 is 5.97 Å². The Morgan fingerprint density at radius 2 is 2.03 bits per heavy atom. The summed E-state index contributed by atoms with van der Waals surface area (Å²) < 4.78 is 31.0. The van der Waals surface area contributed by atoms with Gasteiger partial charge in [-0.1, -0.05) is 36.4 Å². The molecule has 0 amide bonds. The molecule has 0 bridgehead atoms. The van der Waals surface area contributed by atoms with Crippen molar-refractivity contribution >= 4 is 23.1 Å². The zero-order valence-electron chi connectivity index (χ0n) is 17.8. The third kappa shape index (κ3) is 3.95. The van der Waals surface area contributed by atoms with Gasteiger partial charge in [-0.3, -0.25) is 0 Å². The van der Waals surface area contributed by atoms with Gasteiger partial charge in [0.25, 0.3) is 6.01 Å². The Labute approximate surface area is 189 Å². The second-order valence-electron chi connectivity index (χ2n) is 7.80. The van der Waals surface area contributed by atoms with Crippen LogP contribution in [-0.2, 0) is 24.4 Å². The smallest absolute Gasteiger partial charge is 0.326 e. The molecular weight excluding hydrogens is 427 g/mol. The van der Waals surface area contributed by atoms with Crippen LogP contribution in [0.2, 0.25) is 0 Å². The van der Waals surface area contributed by atoms with Crippen molar-refractivity contribution in [3.05, 3.63) is 83.2 Å². The highest BCUT2D eigenvalue weighted by atomic mass is 19.1. The molecule has 0 unspecified atom stereocenters. The highest BCUT2D eigenvalue weighted by molar-refractivity contribution is 5.81. The van der Waals surface area contributed by atoms with Crippen molar-refractivity contribution in [1.29, 1.82) is 0 Å². The SMILES string of the molecule is COc1ccc2c(c1OCc1ccccc1)C[C@@H](C(=O)O)N(c1nc3cc(F)ccc3o1)C2. The maximum atomic E-state index is 13.6. The van der Waals surface area contributed by atoms with Crippen molar-refractivity contribution in [3.8, 4) is 11.5 Å². The number of aromatic nitrogens is 1. The number of carbonyl (C=O) groups is 1. The number of ether oxygens (including phenoxy) is 2. The summed E-state index contributed by atoms with van der Waals surface area (Å²) in [6, 6.07) is 16.6. The van der Waals surface area contributed by atoms with Crippen LogP contribution in [0.5, 0.6) is 11.5 Å². The standard InChI is InChI=1S/C25H21FN2O5/c1-31-22-9-7-16-13-28(25-27-19-11-17(26)8-10-21(19)33-25)20(24(29)30)12-18(16)23(22)32-14-15-5-3-2-4-6-15/h2-11,20H,12-14H2,1H3,(H,29,30)/t20-/m0/s1. The summed E-state index contributed by atoms with van der Waals surface area (Å²) in [4.78, 5) is 18.1. The first-order valence-corrected chi connectivity index (χ1v) is 10.4. The van der Waals surface area contributed by atoms with E-state index in [4.69, 9.17) is 13.9 Å². The first kappa shape index (κ1) is 20.8. The molecule has 33 heavy (non-hydrogen) atoms. The van der Waals surface area contributed by atoms with Crippen LogP contribution in [0.3, 0.4) is 0 Å². The molecule has 1 aromatic heterocycles. The lowest BCUT2D eigenvalue weighted by Crippen LogP contribution is -2.46. The fourth-order valence-electron chi connectivity index (χ4n) is 4.10. The fourth-order valence-corrected chi connectivity index (χ4v) is 4.10. The van der Waals surface area contributed by atoms with E-state index >= 15 is 0 Å². The van der Waals surface area contributed by atoms with E-state index in [1.54, 1.807) is 18.1 Å². The summed E-state index contributed by atoms with van der Waals surface area (Å²) in [5.41, 5.74) is 3.37. The van der Waals surface area contributed by atoms with Crippen LogP contribution in [0, 0.1) is 5.82 Å². The third-order valence-corrected chi connectivity index (χ3v) is 5.75. The maximum Gasteiger partial charge on any atom is 0.326 e. The van der Waals surface area contributed by atoms with E-state index in [0.29, 0.717) is 29.2 Å². The van der Waals surface area contributed by atoms with E-state index in [1.165, 1.54) is 18.2 Å². The molecule has 8 heteroatoms. The Hall–Kier alpha value is -4.07. The van der Waals surface area contributed by atoms with Crippen molar-refractivity contribution in [2.45, 2.75) is 25.6 Å². The quantitative estimate of drug-likeness (QED) is 0.462. The third-order valence-electron chi connectivity index (χ3n) is 5.75. The second kappa shape index (κ2) is 8.46. The summed E-state index contributed by atoms with van der Waals surface area (Å²) in [5.74, 6) is -0.386. The van der Waals surface area contributed by atoms with Gasteiger partial charge in [0.15, 0.2) is 17.1 Å². The molecule has 0 saturated carbocycles. The zero-order valence-corrected chi connectivity index (χ0v) is 17.8. The molecule has 1 aliphatic heterocycles. The molecule has 5 rings (SSSR count). The lowest BCUT2D eigenvalue weighted by molar-refractivity contribution is -0.138. The lowest BCUT2D eigenvalue weighted by Gasteiger charge is -2.34. The van der Waals surface area contributed by atoms with Gasteiger partial charge in [0.1, 0.15) is 24.0 Å². The fraction of sp³-hybridized carbons (Fsp3) is 0.200. The number of fused-ring (bicyclic) bond motifs is 2. The number of aliphatic carboxylic acids is 1. The number of anilines is 1. The average Bonchev–Trinajstić information content (AvgIpc) is 3.25. The van der Waals surface area contributed by atoms with Gasteiger partial charge in [0.2, 0.25) is 0 Å². The number of hydrogen-bond donors (Lipinski definition) is 1. The van der Waals surface area contributed by atoms with Crippen molar-refractivity contribution in [3.63, 3.8) is 0 Å². The van der Waals surface area contributed by atoms with E-state index in [1.807, 2.05) is 36.4 Å². The Kier molecular flexibility index (Phi) is 5.34. The van der Waals surface area contributed by atoms with Crippen molar-refractivity contribution in [2.24, 2.45) is 0 Å². The van der Waals surface area contributed by atoms with E-state index in [2.05, 4.69) is 4.98 Å². The Bertz CT molecular complexity index is 1320. The van der Waals surface area contributed by atoms with Gasteiger partial charge in [-0.15, -0.1) is 0 Å². The lowest BCUT2D eigenvalue weighted by atomic mass is 9.93. The minimum absolute atomic E-state index is 0.135. The number of nitrogens with zero attached hydrogens (tertiary/aromatic N) is 2. The van der Waals surface area contributed by atoms with Crippen molar-refractivity contribution in [2.75, 3.05) is 12.0 Å². The number of carboxylic acids is 1. The van der Waals surface area contributed by atoms with Gasteiger partial charge in [-0.2, -0.15) is 4.98 Å². The topological polar surface area (TPSA) is 85.0 Å². The highest BCUT2D eigenvalue weighted by Gasteiger charge is 2.36. The molecular formula is C25H21FN2O5. The molecule has 1 atom stereocenters. The molecule has 1 N–H and O–H groups in total. The average molecular weight is 448 g/mol. The number of carboxylic acid groups (broad SMARTS) is 1. The molecule has 3 aromatic carbocycles. The predicted octanol–water partition coefficient (Wildman–Crippen LogP) is 4.57. The Morgan fingerprint density at radius 3 is 2.79 bits per heavy atom. The van der Waals surface area contributed by atoms with E-state index in [9.17, 15) is 14.3 Å². The number of halogens is 1. The zero-order chi connectivity index (χ0) is 22.9. The normalized spacial score (nSPS) is 15.3. The number of hydrogen-bond acceptors (Lipinski definition) is 6. The molecule has 4 aromatic rings. The number of rotatable bonds is 6. The first-order chi connectivity index (χ1) is 16.0. The van der Waals surface area contributed by atoms with Gasteiger partial charge in [0, 0.05) is 24.6 Å². The predicted molar refractivity (Wildman–Crippen MR) is 119 cm³/mol.